The summed E-state index contributed by atoms with van der Waals surface area (Å²) in [5.41, 5.74) is 2.05. The second kappa shape index (κ2) is 14.8. The van der Waals surface area contributed by atoms with E-state index in [0.29, 0.717) is 32.6 Å². The van der Waals surface area contributed by atoms with E-state index < -0.39 is 22.9 Å². The predicted molar refractivity (Wildman–Crippen MR) is 183 cm³/mol. The number of nitrogens with zero attached hydrogens (tertiary/aromatic N) is 1. The Hall–Kier alpha value is -4.43. The largest absolute Gasteiger partial charge is 0.321 e. The summed E-state index contributed by atoms with van der Waals surface area (Å²) in [5.74, 6) is -1.60. The minimum atomic E-state index is -0.698. The third-order valence-corrected chi connectivity index (χ3v) is 10.0. The maximum absolute atomic E-state index is 14.6. The Morgan fingerprint density at radius 3 is 2.59 bits per heavy atom. The molecule has 1 aromatic heterocycles. The van der Waals surface area contributed by atoms with Crippen LogP contribution in [0.15, 0.2) is 83.4 Å². The van der Waals surface area contributed by atoms with Crippen molar-refractivity contribution in [2.24, 2.45) is 5.92 Å². The molecule has 1 aliphatic rings. The van der Waals surface area contributed by atoms with E-state index in [1.165, 1.54) is 52.3 Å². The van der Waals surface area contributed by atoms with Crippen LogP contribution in [0.1, 0.15) is 52.2 Å². The Bertz CT molecular complexity index is 1850. The molecule has 5 rings (SSSR count). The molecule has 11 heteroatoms. The summed E-state index contributed by atoms with van der Waals surface area (Å²) in [6.07, 6.45) is 3.97. The number of anilines is 2. The quantitative estimate of drug-likeness (QED) is 0.123. The molecule has 0 spiro atoms. The number of carbonyl (C=O) groups excluding carboxylic acids is 3. The van der Waals surface area contributed by atoms with Gasteiger partial charge in [0, 0.05) is 26.6 Å². The molecule has 4 aromatic rings. The van der Waals surface area contributed by atoms with Crippen molar-refractivity contribution in [1.29, 1.82) is 5.26 Å². The molecule has 234 valence electrons. The van der Waals surface area contributed by atoms with Gasteiger partial charge in [-0.25, -0.2) is 4.39 Å². The van der Waals surface area contributed by atoms with E-state index in [0.717, 1.165) is 24.8 Å². The Balaban J connectivity index is 1.30. The van der Waals surface area contributed by atoms with Gasteiger partial charge in [0.1, 0.15) is 22.6 Å². The van der Waals surface area contributed by atoms with E-state index in [4.69, 9.17) is 11.6 Å². The molecule has 46 heavy (non-hydrogen) atoms. The molecule has 0 fully saturated rings. The topological polar surface area (TPSA) is 111 Å². The van der Waals surface area contributed by atoms with Gasteiger partial charge in [0.25, 0.3) is 11.8 Å². The lowest BCUT2D eigenvalue weighted by atomic mass is 9.89. The number of hydrogen-bond acceptors (Lipinski definition) is 6. The Morgan fingerprint density at radius 2 is 1.85 bits per heavy atom. The fourth-order valence-electron chi connectivity index (χ4n) is 5.01. The molecule has 0 saturated heterocycles. The molecule has 0 bridgehead atoms. The van der Waals surface area contributed by atoms with Gasteiger partial charge in [-0.1, -0.05) is 48.9 Å². The third kappa shape index (κ3) is 7.85. The second-order valence-electron chi connectivity index (χ2n) is 10.9. The van der Waals surface area contributed by atoms with Crippen LogP contribution in [0, 0.1) is 23.1 Å². The number of thioether (sulfide) groups is 1. The second-order valence-corrected chi connectivity index (χ2v) is 13.8. The van der Waals surface area contributed by atoms with Crippen molar-refractivity contribution in [2.75, 3.05) is 10.6 Å². The van der Waals surface area contributed by atoms with Gasteiger partial charge in [-0.3, -0.25) is 14.4 Å². The number of nitriles is 1. The number of carbonyl (C=O) groups is 3. The smallest absolute Gasteiger partial charge is 0.272 e. The summed E-state index contributed by atoms with van der Waals surface area (Å²) >= 11 is 8.98. The maximum Gasteiger partial charge on any atom is 0.272 e. The van der Waals surface area contributed by atoms with Crippen LogP contribution in [0.2, 0.25) is 5.02 Å². The maximum atomic E-state index is 14.6. The van der Waals surface area contributed by atoms with Crippen LogP contribution in [0.3, 0.4) is 0 Å². The predicted octanol–water partition coefficient (Wildman–Crippen LogP) is 8.07. The highest BCUT2D eigenvalue weighted by Gasteiger charge is 2.26. The van der Waals surface area contributed by atoms with Crippen molar-refractivity contribution in [3.8, 4) is 6.07 Å². The zero-order valence-electron chi connectivity index (χ0n) is 25.0. The van der Waals surface area contributed by atoms with Crippen molar-refractivity contribution < 1.29 is 18.8 Å². The summed E-state index contributed by atoms with van der Waals surface area (Å²) < 4.78 is 14.6. The van der Waals surface area contributed by atoms with Gasteiger partial charge in [0.2, 0.25) is 5.91 Å². The summed E-state index contributed by atoms with van der Waals surface area (Å²) in [6, 6.07) is 21.6. The standard InChI is InChI=1S/C35H30ClFN4O3S2/c1-20-14-15-25-27(19-38)35(46-31(25)16-20)41-32(42)21(2)45-24-11-6-10-23(17-24)39-34(44)30(18-26-28(36)12-7-13-29(26)37)40-33(43)22-8-4-3-5-9-22/h3-13,17-18,20-21H,14-16H2,1-2H3,(H,39,44)(H,40,43)(H,41,42)/b30-18+. The zero-order valence-corrected chi connectivity index (χ0v) is 27.4. The Kier molecular flexibility index (Phi) is 10.6. The molecule has 0 aliphatic heterocycles. The van der Waals surface area contributed by atoms with E-state index >= 15 is 0 Å². The first-order chi connectivity index (χ1) is 22.1. The molecule has 1 aliphatic carbocycles. The van der Waals surface area contributed by atoms with Gasteiger partial charge in [-0.05, 0) is 86.2 Å². The lowest BCUT2D eigenvalue weighted by Gasteiger charge is -2.17. The summed E-state index contributed by atoms with van der Waals surface area (Å²) in [6.45, 7) is 3.96. The summed E-state index contributed by atoms with van der Waals surface area (Å²) in [7, 11) is 0. The number of halogens is 2. The van der Waals surface area contributed by atoms with Crippen molar-refractivity contribution >= 4 is 69.2 Å². The molecule has 3 amide bonds. The monoisotopic (exact) mass is 672 g/mol. The fourth-order valence-corrected chi connectivity index (χ4v) is 7.52. The average Bonchev–Trinajstić information content (AvgIpc) is 3.38. The van der Waals surface area contributed by atoms with Crippen LogP contribution < -0.4 is 16.0 Å². The molecule has 3 N–H and O–H groups in total. The van der Waals surface area contributed by atoms with Gasteiger partial charge in [0.15, 0.2) is 0 Å². The van der Waals surface area contributed by atoms with Crippen LogP contribution in [-0.2, 0) is 22.4 Å². The van der Waals surface area contributed by atoms with Crippen LogP contribution in [-0.4, -0.2) is 23.0 Å². The molecule has 0 radical (unpaired) electrons. The Morgan fingerprint density at radius 1 is 1.09 bits per heavy atom. The van der Waals surface area contributed by atoms with Gasteiger partial charge in [-0.15, -0.1) is 23.1 Å². The number of nitrogens with one attached hydrogen (secondary N) is 3. The molecule has 7 nitrogen and oxygen atoms in total. The Labute approximate surface area is 279 Å². The highest BCUT2D eigenvalue weighted by Crippen LogP contribution is 2.39. The minimum absolute atomic E-state index is 0.0486. The lowest BCUT2D eigenvalue weighted by molar-refractivity contribution is -0.115. The molecule has 2 atom stereocenters. The van der Waals surface area contributed by atoms with Crippen molar-refractivity contribution in [1.82, 2.24) is 5.32 Å². The highest BCUT2D eigenvalue weighted by atomic mass is 35.5. The number of hydrogen-bond donors (Lipinski definition) is 3. The van der Waals surface area contributed by atoms with Crippen LogP contribution in [0.25, 0.3) is 6.08 Å². The van der Waals surface area contributed by atoms with E-state index in [1.807, 2.05) is 6.07 Å². The van der Waals surface area contributed by atoms with E-state index in [9.17, 15) is 24.0 Å². The van der Waals surface area contributed by atoms with Crippen molar-refractivity contribution in [3.05, 3.63) is 116 Å². The van der Waals surface area contributed by atoms with Crippen LogP contribution in [0.5, 0.6) is 0 Å². The van der Waals surface area contributed by atoms with Gasteiger partial charge in [0.05, 0.1) is 15.8 Å². The lowest BCUT2D eigenvalue weighted by Crippen LogP contribution is -2.30. The first kappa shape index (κ1) is 32.9. The normalized spacial score (nSPS) is 14.8. The first-order valence-corrected chi connectivity index (χ1v) is 16.7. The van der Waals surface area contributed by atoms with E-state index in [2.05, 4.69) is 28.9 Å². The SMILES string of the molecule is CC1CCc2c(sc(NC(=O)C(C)Sc3cccc(NC(=O)/C(=C\c4c(F)cccc4Cl)NC(=O)c4ccccc4)c3)c2C#N)C1. The molecule has 0 saturated carbocycles. The number of amides is 3. The van der Waals surface area contributed by atoms with Crippen LogP contribution in [0.4, 0.5) is 15.1 Å². The number of thiophene rings is 1. The first-order valence-electron chi connectivity index (χ1n) is 14.6. The van der Waals surface area contributed by atoms with Gasteiger partial charge >= 0.3 is 0 Å². The molecule has 2 unspecified atom stereocenters. The zero-order chi connectivity index (χ0) is 32.8. The number of fused-ring (bicyclic) bond motifs is 1. The molecule has 3 aromatic carbocycles. The molecular weight excluding hydrogens is 643 g/mol. The van der Waals surface area contributed by atoms with Crippen molar-refractivity contribution in [2.45, 2.75) is 43.3 Å². The highest BCUT2D eigenvalue weighted by molar-refractivity contribution is 8.00. The van der Waals surface area contributed by atoms with Crippen molar-refractivity contribution in [3.63, 3.8) is 0 Å². The molecular formula is C35H30ClFN4O3S2. The van der Waals surface area contributed by atoms with Crippen LogP contribution >= 0.6 is 34.7 Å². The third-order valence-electron chi connectivity index (χ3n) is 7.45. The average molecular weight is 673 g/mol. The molecule has 1 heterocycles. The fraction of sp³-hybridized carbons (Fsp3) is 0.200. The summed E-state index contributed by atoms with van der Waals surface area (Å²) in [4.78, 5) is 41.4. The number of rotatable bonds is 9. The van der Waals surface area contributed by atoms with Gasteiger partial charge in [-0.2, -0.15) is 5.26 Å². The van der Waals surface area contributed by atoms with E-state index in [1.54, 1.807) is 55.5 Å². The summed E-state index contributed by atoms with van der Waals surface area (Å²) in [5, 5.41) is 18.2. The van der Waals surface area contributed by atoms with E-state index in [-0.39, 0.29) is 22.2 Å². The van der Waals surface area contributed by atoms with Gasteiger partial charge < -0.3 is 16.0 Å². The minimum Gasteiger partial charge on any atom is -0.321 e. The number of benzene rings is 3.